The number of fused-ring (bicyclic) bond motifs is 2. The highest BCUT2D eigenvalue weighted by Crippen LogP contribution is 2.25. The summed E-state index contributed by atoms with van der Waals surface area (Å²) in [5.41, 5.74) is 1.67. The zero-order valence-electron chi connectivity index (χ0n) is 16.9. The van der Waals surface area contributed by atoms with Gasteiger partial charge in [0.2, 0.25) is 0 Å². The summed E-state index contributed by atoms with van der Waals surface area (Å²) in [5.74, 6) is 0.323. The minimum absolute atomic E-state index is 0.110. The first-order valence-electron chi connectivity index (χ1n) is 10.4. The Morgan fingerprint density at radius 2 is 1.87 bits per heavy atom. The summed E-state index contributed by atoms with van der Waals surface area (Å²) in [6.45, 7) is 0.594. The molecule has 1 N–H and O–H groups in total. The van der Waals surface area contributed by atoms with E-state index in [0.29, 0.717) is 30.2 Å². The highest BCUT2D eigenvalue weighted by Gasteiger charge is 2.25. The second-order valence-corrected chi connectivity index (χ2v) is 7.63. The minimum Gasteiger partial charge on any atom is -0.341 e. The van der Waals surface area contributed by atoms with Crippen molar-refractivity contribution in [1.82, 2.24) is 24.8 Å². The number of carbonyl (C=O) groups excluding carboxylic acids is 1. The van der Waals surface area contributed by atoms with Gasteiger partial charge in [-0.25, -0.2) is 4.98 Å². The van der Waals surface area contributed by atoms with Gasteiger partial charge in [-0.05, 0) is 42.8 Å². The van der Waals surface area contributed by atoms with Gasteiger partial charge in [0.05, 0.1) is 11.7 Å². The Morgan fingerprint density at radius 3 is 2.74 bits per heavy atom. The quantitative estimate of drug-likeness (QED) is 0.557. The Morgan fingerprint density at radius 1 is 1.03 bits per heavy atom. The third-order valence-corrected chi connectivity index (χ3v) is 5.64. The Balaban J connectivity index is 1.54. The molecule has 1 unspecified atom stereocenters. The maximum absolute atomic E-state index is 13.2. The molecular formula is C24H21N5O2. The molecule has 0 radical (unpaired) electrons. The van der Waals surface area contributed by atoms with Crippen molar-refractivity contribution >= 4 is 16.7 Å². The average molecular weight is 411 g/mol. The van der Waals surface area contributed by atoms with E-state index in [1.54, 1.807) is 29.2 Å². The first-order valence-corrected chi connectivity index (χ1v) is 10.4. The molecule has 1 aliphatic heterocycles. The van der Waals surface area contributed by atoms with Gasteiger partial charge in [-0.2, -0.15) is 0 Å². The molecule has 1 aromatic carbocycles. The van der Waals surface area contributed by atoms with E-state index < -0.39 is 0 Å². The number of pyridine rings is 2. The zero-order chi connectivity index (χ0) is 21.2. The van der Waals surface area contributed by atoms with Crippen molar-refractivity contribution in [2.75, 3.05) is 0 Å². The number of amides is 1. The molecule has 1 atom stereocenters. The molecule has 1 amide bonds. The van der Waals surface area contributed by atoms with Crippen molar-refractivity contribution < 1.29 is 4.79 Å². The first-order chi connectivity index (χ1) is 15.2. The number of benzene rings is 1. The summed E-state index contributed by atoms with van der Waals surface area (Å²) < 4.78 is 1.68. The number of hydrogen-bond donors (Lipinski definition) is 1. The van der Waals surface area contributed by atoms with Gasteiger partial charge >= 0.3 is 0 Å². The Labute approximate surface area is 178 Å². The lowest BCUT2D eigenvalue weighted by Gasteiger charge is -2.20. The van der Waals surface area contributed by atoms with Crippen molar-refractivity contribution in [3.8, 4) is 11.3 Å². The van der Waals surface area contributed by atoms with Crippen LogP contribution in [-0.2, 0) is 6.54 Å². The highest BCUT2D eigenvalue weighted by atomic mass is 16.2. The standard InChI is InChI=1S/C24H21N5O2/c30-21-15-20(17-8-11-25-12-9-17)27-23-19(7-3-4-14-29(21)23)28-24(31)22-18-6-2-1-5-16(18)10-13-26-22/h1-2,5-6,8-13,15,19H,3-4,7,14H2,(H,28,31). The molecule has 4 aromatic rings. The molecule has 0 saturated heterocycles. The lowest BCUT2D eigenvalue weighted by atomic mass is 10.1. The van der Waals surface area contributed by atoms with Crippen LogP contribution in [0, 0.1) is 0 Å². The molecule has 7 nitrogen and oxygen atoms in total. The average Bonchev–Trinajstić information content (AvgIpc) is 3.02. The predicted octanol–water partition coefficient (Wildman–Crippen LogP) is 3.51. The van der Waals surface area contributed by atoms with E-state index >= 15 is 0 Å². The van der Waals surface area contributed by atoms with Crippen molar-refractivity contribution in [3.05, 3.63) is 89.0 Å². The molecule has 3 aromatic heterocycles. The van der Waals surface area contributed by atoms with Crippen molar-refractivity contribution in [1.29, 1.82) is 0 Å². The largest absolute Gasteiger partial charge is 0.341 e. The summed E-state index contributed by atoms with van der Waals surface area (Å²) in [4.78, 5) is 39.2. The molecule has 7 heteroatoms. The van der Waals surface area contributed by atoms with Crippen molar-refractivity contribution in [2.45, 2.75) is 31.8 Å². The van der Waals surface area contributed by atoms with Crippen molar-refractivity contribution in [3.63, 3.8) is 0 Å². The van der Waals surface area contributed by atoms with E-state index in [9.17, 15) is 9.59 Å². The fraction of sp³-hybridized carbons (Fsp3) is 0.208. The van der Waals surface area contributed by atoms with Crippen LogP contribution in [0.3, 0.4) is 0 Å². The van der Waals surface area contributed by atoms with E-state index in [4.69, 9.17) is 4.98 Å². The molecule has 1 aliphatic rings. The van der Waals surface area contributed by atoms with E-state index in [1.807, 2.05) is 42.5 Å². The van der Waals surface area contributed by atoms with Crippen LogP contribution in [-0.4, -0.2) is 25.4 Å². The predicted molar refractivity (Wildman–Crippen MR) is 118 cm³/mol. The van der Waals surface area contributed by atoms with Gasteiger partial charge in [0.15, 0.2) is 0 Å². The molecule has 0 fully saturated rings. The molecule has 0 bridgehead atoms. The van der Waals surface area contributed by atoms with Crippen LogP contribution in [0.1, 0.15) is 41.6 Å². The molecule has 5 rings (SSSR count). The summed E-state index contributed by atoms with van der Waals surface area (Å²) in [6.07, 6.45) is 7.45. The van der Waals surface area contributed by atoms with Crippen LogP contribution in [0.5, 0.6) is 0 Å². The molecule has 31 heavy (non-hydrogen) atoms. The maximum atomic E-state index is 13.2. The van der Waals surface area contributed by atoms with Crippen LogP contribution < -0.4 is 10.9 Å². The number of rotatable bonds is 3. The first kappa shape index (κ1) is 19.1. The van der Waals surface area contributed by atoms with Gasteiger partial charge in [0.25, 0.3) is 11.5 Å². The van der Waals surface area contributed by atoms with E-state index in [1.165, 1.54) is 0 Å². The van der Waals surface area contributed by atoms with Crippen LogP contribution in [0.2, 0.25) is 0 Å². The van der Waals surface area contributed by atoms with Crippen LogP contribution in [0.4, 0.5) is 0 Å². The number of carbonyl (C=O) groups is 1. The fourth-order valence-corrected chi connectivity index (χ4v) is 4.10. The van der Waals surface area contributed by atoms with Gasteiger partial charge in [-0.1, -0.05) is 24.3 Å². The Hall–Kier alpha value is -3.87. The SMILES string of the molecule is O=C(NC1CCCCn2c1nc(-c1ccncc1)cc2=O)c1nccc2ccccc12. The second kappa shape index (κ2) is 8.10. The monoisotopic (exact) mass is 411 g/mol. The third kappa shape index (κ3) is 3.70. The van der Waals surface area contributed by atoms with E-state index in [0.717, 1.165) is 29.2 Å². The lowest BCUT2D eigenvalue weighted by Crippen LogP contribution is -2.34. The molecular weight excluding hydrogens is 390 g/mol. The summed E-state index contributed by atoms with van der Waals surface area (Å²) in [5, 5.41) is 4.85. The third-order valence-electron chi connectivity index (χ3n) is 5.64. The minimum atomic E-state index is -0.370. The van der Waals surface area contributed by atoms with Gasteiger partial charge < -0.3 is 5.32 Å². The molecule has 0 saturated carbocycles. The van der Waals surface area contributed by atoms with Gasteiger partial charge in [-0.15, -0.1) is 0 Å². The number of hydrogen-bond acceptors (Lipinski definition) is 5. The van der Waals surface area contributed by atoms with Gasteiger partial charge in [-0.3, -0.25) is 24.1 Å². The lowest BCUT2D eigenvalue weighted by molar-refractivity contribution is 0.0929. The topological polar surface area (TPSA) is 89.8 Å². The second-order valence-electron chi connectivity index (χ2n) is 7.63. The summed E-state index contributed by atoms with van der Waals surface area (Å²) in [7, 11) is 0. The molecule has 0 spiro atoms. The zero-order valence-corrected chi connectivity index (χ0v) is 16.9. The van der Waals surface area contributed by atoms with Gasteiger partial charge in [0.1, 0.15) is 11.5 Å². The number of nitrogens with zero attached hydrogens (tertiary/aromatic N) is 4. The van der Waals surface area contributed by atoms with Gasteiger partial charge in [0, 0.05) is 42.2 Å². The van der Waals surface area contributed by atoms with Crippen LogP contribution >= 0.6 is 0 Å². The van der Waals surface area contributed by atoms with Crippen LogP contribution in [0.25, 0.3) is 22.0 Å². The molecule has 154 valence electrons. The summed E-state index contributed by atoms with van der Waals surface area (Å²) >= 11 is 0. The number of aromatic nitrogens is 4. The normalized spacial score (nSPS) is 15.8. The fourth-order valence-electron chi connectivity index (χ4n) is 4.10. The Kier molecular flexibility index (Phi) is 5.00. The Bertz CT molecular complexity index is 1310. The number of nitrogens with one attached hydrogen (secondary N) is 1. The van der Waals surface area contributed by atoms with E-state index in [-0.39, 0.29) is 17.5 Å². The van der Waals surface area contributed by atoms with Crippen molar-refractivity contribution in [2.24, 2.45) is 0 Å². The van der Waals surface area contributed by atoms with Crippen LogP contribution in [0.15, 0.2) is 71.9 Å². The smallest absolute Gasteiger partial charge is 0.271 e. The molecule has 0 aliphatic carbocycles. The van der Waals surface area contributed by atoms with E-state index in [2.05, 4.69) is 15.3 Å². The summed E-state index contributed by atoms with van der Waals surface area (Å²) in [6, 6.07) is 14.4. The highest BCUT2D eigenvalue weighted by molar-refractivity contribution is 6.05. The molecule has 4 heterocycles. The maximum Gasteiger partial charge on any atom is 0.271 e.